The number of halogens is 1. The van der Waals surface area contributed by atoms with Crippen LogP contribution in [0.5, 0.6) is 0 Å². The van der Waals surface area contributed by atoms with Crippen molar-refractivity contribution in [1.29, 1.82) is 0 Å². The average Bonchev–Trinajstić information content (AvgIpc) is 3.36. The Morgan fingerprint density at radius 2 is 1.73 bits per heavy atom. The van der Waals surface area contributed by atoms with Gasteiger partial charge in [0, 0.05) is 27.7 Å². The van der Waals surface area contributed by atoms with Gasteiger partial charge in [-0.3, -0.25) is 4.79 Å². The van der Waals surface area contributed by atoms with Gasteiger partial charge in [0.2, 0.25) is 0 Å². The summed E-state index contributed by atoms with van der Waals surface area (Å²) in [5.74, 6) is 0.131. The summed E-state index contributed by atoms with van der Waals surface area (Å²) in [5, 5.41) is 3.44. The topological polar surface area (TPSA) is 55.1 Å². The van der Waals surface area contributed by atoms with Crippen LogP contribution in [0.4, 0.5) is 5.69 Å². The monoisotopic (exact) mass is 362 g/mol. The zero-order chi connectivity index (χ0) is 18.1. The summed E-state index contributed by atoms with van der Waals surface area (Å²) in [6.07, 6.45) is 0.936. The number of rotatable bonds is 4. The number of nitrogens with one attached hydrogen (secondary N) is 1. The molecule has 0 heterocycles. The van der Waals surface area contributed by atoms with Gasteiger partial charge in [0.15, 0.2) is 0 Å². The van der Waals surface area contributed by atoms with Gasteiger partial charge in [-0.2, -0.15) is 0 Å². The van der Waals surface area contributed by atoms with Gasteiger partial charge < -0.3 is 11.1 Å². The molecule has 1 fully saturated rings. The molecule has 1 amide bonds. The molecule has 1 aliphatic rings. The number of hydrogen-bond donors (Lipinski definition) is 2. The number of carbonyl (C=O) groups excluding carboxylic acids is 1. The first-order valence-electron chi connectivity index (χ1n) is 8.57. The maximum absolute atomic E-state index is 12.3. The molecule has 3 aromatic rings. The molecule has 1 aliphatic carbocycles. The molecule has 0 unspecified atom stereocenters. The van der Waals surface area contributed by atoms with Crippen LogP contribution in [0.3, 0.4) is 0 Å². The number of benzene rings is 3. The summed E-state index contributed by atoms with van der Waals surface area (Å²) in [5.41, 5.74) is 9.93. The molecule has 0 spiro atoms. The highest BCUT2D eigenvalue weighted by atomic mass is 35.5. The summed E-state index contributed by atoms with van der Waals surface area (Å²) < 4.78 is 0. The molecule has 3 N–H and O–H groups in total. The van der Waals surface area contributed by atoms with Crippen molar-refractivity contribution in [3.8, 4) is 0 Å². The molecule has 130 valence electrons. The third-order valence-corrected chi connectivity index (χ3v) is 5.21. The minimum Gasteiger partial charge on any atom is -0.322 e. The van der Waals surface area contributed by atoms with Gasteiger partial charge in [-0.15, -0.1) is 0 Å². The predicted molar refractivity (Wildman–Crippen MR) is 106 cm³/mol. The lowest BCUT2D eigenvalue weighted by Crippen LogP contribution is -2.21. The second-order valence-electron chi connectivity index (χ2n) is 6.75. The van der Waals surface area contributed by atoms with Crippen LogP contribution in [0.25, 0.3) is 0 Å². The normalized spacial score (nSPS) is 21.2. The van der Waals surface area contributed by atoms with Crippen molar-refractivity contribution in [2.75, 3.05) is 5.32 Å². The molecule has 2 atom stereocenters. The van der Waals surface area contributed by atoms with Crippen molar-refractivity contribution < 1.29 is 4.79 Å². The fourth-order valence-electron chi connectivity index (χ4n) is 3.39. The Balaban J connectivity index is 1.46. The molecule has 0 saturated heterocycles. The lowest BCUT2D eigenvalue weighted by molar-refractivity contribution is 0.102. The van der Waals surface area contributed by atoms with Gasteiger partial charge >= 0.3 is 0 Å². The third-order valence-electron chi connectivity index (χ3n) is 4.97. The number of carbonyl (C=O) groups is 1. The van der Waals surface area contributed by atoms with E-state index in [0.29, 0.717) is 16.5 Å². The molecule has 0 radical (unpaired) electrons. The van der Waals surface area contributed by atoms with E-state index in [1.54, 1.807) is 24.3 Å². The molecular weight excluding hydrogens is 344 g/mol. The van der Waals surface area contributed by atoms with Crippen LogP contribution in [0.2, 0.25) is 5.02 Å². The van der Waals surface area contributed by atoms with E-state index in [2.05, 4.69) is 17.4 Å². The van der Waals surface area contributed by atoms with Gasteiger partial charge in [0.25, 0.3) is 5.91 Å². The average molecular weight is 363 g/mol. The van der Waals surface area contributed by atoms with E-state index in [9.17, 15) is 4.79 Å². The molecule has 26 heavy (non-hydrogen) atoms. The lowest BCUT2D eigenvalue weighted by atomic mass is 9.99. The Morgan fingerprint density at radius 1 is 1.00 bits per heavy atom. The Hall–Kier alpha value is -2.62. The van der Waals surface area contributed by atoms with E-state index in [1.165, 1.54) is 11.1 Å². The Kier molecular flexibility index (Phi) is 4.27. The number of amides is 1. The zero-order valence-electron chi connectivity index (χ0n) is 14.2. The van der Waals surface area contributed by atoms with Crippen molar-refractivity contribution >= 4 is 23.2 Å². The maximum atomic E-state index is 12.3. The van der Waals surface area contributed by atoms with Crippen LogP contribution in [0, 0.1) is 0 Å². The summed E-state index contributed by atoms with van der Waals surface area (Å²) in [4.78, 5) is 12.3. The molecule has 0 aliphatic heterocycles. The quantitative estimate of drug-likeness (QED) is 0.691. The Labute approximate surface area is 157 Å². The van der Waals surface area contributed by atoms with E-state index < -0.39 is 0 Å². The number of anilines is 1. The second-order valence-corrected chi connectivity index (χ2v) is 7.19. The molecule has 1 saturated carbocycles. The van der Waals surface area contributed by atoms with Crippen LogP contribution in [0.1, 0.15) is 33.8 Å². The molecule has 3 nitrogen and oxygen atoms in total. The highest BCUT2D eigenvalue weighted by molar-refractivity contribution is 6.31. The van der Waals surface area contributed by atoms with Gasteiger partial charge in [0.1, 0.15) is 0 Å². The standard InChI is InChI=1S/C22H19ClN2O/c23-18-8-4-5-16(13-18)21(26)25-19-11-9-15(10-12-19)20-14-22(20,24)17-6-2-1-3-7-17/h1-13,20H,14,24H2,(H,25,26)/t20-,22-/m0/s1. The van der Waals surface area contributed by atoms with Crippen LogP contribution >= 0.6 is 11.6 Å². The fraction of sp³-hybridized carbons (Fsp3) is 0.136. The first kappa shape index (κ1) is 16.8. The Morgan fingerprint density at radius 3 is 2.42 bits per heavy atom. The van der Waals surface area contributed by atoms with E-state index in [-0.39, 0.29) is 11.4 Å². The smallest absolute Gasteiger partial charge is 0.255 e. The van der Waals surface area contributed by atoms with Crippen molar-refractivity contribution in [1.82, 2.24) is 0 Å². The second kappa shape index (κ2) is 6.60. The van der Waals surface area contributed by atoms with Crippen molar-refractivity contribution in [2.45, 2.75) is 17.9 Å². The first-order chi connectivity index (χ1) is 12.6. The van der Waals surface area contributed by atoms with Crippen LogP contribution < -0.4 is 11.1 Å². The van der Waals surface area contributed by atoms with Gasteiger partial charge in [0.05, 0.1) is 0 Å². The summed E-state index contributed by atoms with van der Waals surface area (Å²) >= 11 is 5.94. The SMILES string of the molecule is N[C@]1(c2ccccc2)C[C@H]1c1ccc(NC(=O)c2cccc(Cl)c2)cc1. The zero-order valence-corrected chi connectivity index (χ0v) is 14.9. The van der Waals surface area contributed by atoms with Gasteiger partial charge in [-0.05, 0) is 47.9 Å². The highest BCUT2D eigenvalue weighted by Gasteiger charge is 2.52. The molecule has 3 aromatic carbocycles. The first-order valence-corrected chi connectivity index (χ1v) is 8.95. The Bertz CT molecular complexity index is 940. The van der Waals surface area contributed by atoms with Crippen molar-refractivity contribution in [3.05, 3.63) is 101 Å². The van der Waals surface area contributed by atoms with Crippen LogP contribution in [-0.2, 0) is 5.54 Å². The molecule has 4 rings (SSSR count). The van der Waals surface area contributed by atoms with Crippen LogP contribution in [0.15, 0.2) is 78.9 Å². The molecular formula is C22H19ClN2O. The largest absolute Gasteiger partial charge is 0.322 e. The minimum absolute atomic E-state index is 0.177. The number of nitrogens with two attached hydrogens (primary N) is 1. The van der Waals surface area contributed by atoms with E-state index in [0.717, 1.165) is 12.1 Å². The van der Waals surface area contributed by atoms with E-state index >= 15 is 0 Å². The molecule has 0 bridgehead atoms. The summed E-state index contributed by atoms with van der Waals surface area (Å²) in [7, 11) is 0. The minimum atomic E-state index is -0.285. The highest BCUT2D eigenvalue weighted by Crippen LogP contribution is 2.56. The summed E-state index contributed by atoms with van der Waals surface area (Å²) in [6.45, 7) is 0. The predicted octanol–water partition coefficient (Wildman–Crippen LogP) is 4.93. The lowest BCUT2D eigenvalue weighted by Gasteiger charge is -2.12. The maximum Gasteiger partial charge on any atom is 0.255 e. The summed E-state index contributed by atoms with van der Waals surface area (Å²) in [6, 6.07) is 25.0. The van der Waals surface area contributed by atoms with E-state index in [4.69, 9.17) is 17.3 Å². The number of hydrogen-bond acceptors (Lipinski definition) is 2. The van der Waals surface area contributed by atoms with Gasteiger partial charge in [-0.1, -0.05) is 60.1 Å². The van der Waals surface area contributed by atoms with E-state index in [1.807, 2.05) is 42.5 Å². The molecule has 0 aromatic heterocycles. The van der Waals surface area contributed by atoms with Gasteiger partial charge in [-0.25, -0.2) is 0 Å². The molecule has 4 heteroatoms. The third kappa shape index (κ3) is 3.24. The van der Waals surface area contributed by atoms with Crippen LogP contribution in [-0.4, -0.2) is 5.91 Å². The van der Waals surface area contributed by atoms with Crippen molar-refractivity contribution in [3.63, 3.8) is 0 Å². The van der Waals surface area contributed by atoms with Crippen molar-refractivity contribution in [2.24, 2.45) is 5.73 Å². The fourth-order valence-corrected chi connectivity index (χ4v) is 3.58.